The number of hydrogen-bond donors (Lipinski definition) is 1. The highest BCUT2D eigenvalue weighted by Crippen LogP contribution is 2.26. The molecule has 3 atom stereocenters. The summed E-state index contributed by atoms with van der Waals surface area (Å²) in [4.78, 5) is 26.3. The van der Waals surface area contributed by atoms with E-state index in [0.29, 0.717) is 11.8 Å². The number of piperazine rings is 1. The summed E-state index contributed by atoms with van der Waals surface area (Å²) in [5, 5.41) is 3.30. The van der Waals surface area contributed by atoms with Crippen LogP contribution in [0.2, 0.25) is 0 Å². The molecule has 0 aliphatic carbocycles. The van der Waals surface area contributed by atoms with Crippen molar-refractivity contribution >= 4 is 35.3 Å². The third kappa shape index (κ3) is 3.40. The van der Waals surface area contributed by atoms with E-state index in [1.165, 1.54) is 5.75 Å². The number of nitrogens with one attached hydrogen (secondary N) is 1. The van der Waals surface area contributed by atoms with E-state index in [-0.39, 0.29) is 29.8 Å². The summed E-state index contributed by atoms with van der Waals surface area (Å²) < 4.78 is 0. The summed E-state index contributed by atoms with van der Waals surface area (Å²) in [6.07, 6.45) is 0. The van der Waals surface area contributed by atoms with Crippen molar-refractivity contribution in [2.45, 2.75) is 38.1 Å². The molecular formula is C13H22N2O2S2. The molecule has 2 fully saturated rings. The van der Waals surface area contributed by atoms with Gasteiger partial charge in [0.2, 0.25) is 11.8 Å². The standard InChI is InChI=1S/C13H22N2O2S2/c1-8(2)11-13(17)15(9(3)12(16)14-11)6-10-7-18-4-5-19-10/h8-11H,4-7H2,1-3H3,(H,14,16). The van der Waals surface area contributed by atoms with Crippen molar-refractivity contribution in [1.82, 2.24) is 10.2 Å². The Hall–Kier alpha value is -0.360. The number of amides is 2. The van der Waals surface area contributed by atoms with Gasteiger partial charge in [0, 0.05) is 29.1 Å². The van der Waals surface area contributed by atoms with Crippen molar-refractivity contribution < 1.29 is 9.59 Å². The first kappa shape index (κ1) is 15.0. The van der Waals surface area contributed by atoms with Crippen LogP contribution in [0.25, 0.3) is 0 Å². The van der Waals surface area contributed by atoms with Crippen molar-refractivity contribution in [2.24, 2.45) is 5.92 Å². The number of carbonyl (C=O) groups is 2. The quantitative estimate of drug-likeness (QED) is 0.851. The summed E-state index contributed by atoms with van der Waals surface area (Å²) >= 11 is 3.87. The molecule has 1 N–H and O–H groups in total. The highest BCUT2D eigenvalue weighted by Gasteiger charge is 2.40. The van der Waals surface area contributed by atoms with E-state index in [9.17, 15) is 9.59 Å². The van der Waals surface area contributed by atoms with Gasteiger partial charge in [-0.05, 0) is 12.8 Å². The molecule has 0 aromatic heterocycles. The summed E-state index contributed by atoms with van der Waals surface area (Å²) in [6.45, 7) is 6.48. The van der Waals surface area contributed by atoms with Gasteiger partial charge >= 0.3 is 0 Å². The van der Waals surface area contributed by atoms with Crippen LogP contribution < -0.4 is 5.32 Å². The van der Waals surface area contributed by atoms with Crippen molar-refractivity contribution in [3.8, 4) is 0 Å². The fourth-order valence-corrected chi connectivity index (χ4v) is 5.07. The normalized spacial score (nSPS) is 32.6. The highest BCUT2D eigenvalue weighted by atomic mass is 32.2. The maximum absolute atomic E-state index is 12.5. The maximum atomic E-state index is 12.5. The van der Waals surface area contributed by atoms with E-state index >= 15 is 0 Å². The largest absolute Gasteiger partial charge is 0.342 e. The van der Waals surface area contributed by atoms with Gasteiger partial charge in [-0.25, -0.2) is 0 Å². The lowest BCUT2D eigenvalue weighted by atomic mass is 9.98. The van der Waals surface area contributed by atoms with Gasteiger partial charge in [-0.15, -0.1) is 0 Å². The Labute approximate surface area is 123 Å². The van der Waals surface area contributed by atoms with Gasteiger partial charge in [0.25, 0.3) is 0 Å². The summed E-state index contributed by atoms with van der Waals surface area (Å²) in [5.74, 6) is 3.62. The second kappa shape index (κ2) is 6.39. The number of rotatable bonds is 3. The Bertz CT molecular complexity index is 357. The zero-order valence-corrected chi connectivity index (χ0v) is 13.4. The van der Waals surface area contributed by atoms with Crippen LogP contribution >= 0.6 is 23.5 Å². The third-order valence-electron chi connectivity index (χ3n) is 3.65. The van der Waals surface area contributed by atoms with Gasteiger partial charge in [0.1, 0.15) is 12.1 Å². The minimum atomic E-state index is -0.357. The number of nitrogens with zero attached hydrogens (tertiary/aromatic N) is 1. The Kier molecular flexibility index (Phi) is 5.06. The topological polar surface area (TPSA) is 49.4 Å². The van der Waals surface area contributed by atoms with Gasteiger partial charge < -0.3 is 10.2 Å². The zero-order valence-electron chi connectivity index (χ0n) is 11.7. The van der Waals surface area contributed by atoms with Crippen LogP contribution in [0, 0.1) is 5.92 Å². The first-order valence-electron chi connectivity index (χ1n) is 6.81. The van der Waals surface area contributed by atoms with Crippen LogP contribution in [0.1, 0.15) is 20.8 Å². The number of thioether (sulfide) groups is 2. The molecular weight excluding hydrogens is 280 g/mol. The van der Waals surface area contributed by atoms with Crippen molar-refractivity contribution in [1.29, 1.82) is 0 Å². The molecule has 0 aromatic rings. The van der Waals surface area contributed by atoms with Gasteiger partial charge in [-0.1, -0.05) is 13.8 Å². The molecule has 4 nitrogen and oxygen atoms in total. The van der Waals surface area contributed by atoms with Crippen molar-refractivity contribution in [3.63, 3.8) is 0 Å². The molecule has 2 aliphatic heterocycles. The molecule has 2 rings (SSSR count). The van der Waals surface area contributed by atoms with Crippen LogP contribution in [0.4, 0.5) is 0 Å². The smallest absolute Gasteiger partial charge is 0.246 e. The van der Waals surface area contributed by atoms with E-state index in [4.69, 9.17) is 0 Å². The van der Waals surface area contributed by atoms with Crippen LogP contribution in [0.15, 0.2) is 0 Å². The lowest BCUT2D eigenvalue weighted by molar-refractivity contribution is -0.149. The van der Waals surface area contributed by atoms with Crippen molar-refractivity contribution in [2.75, 3.05) is 23.8 Å². The Morgan fingerprint density at radius 3 is 2.68 bits per heavy atom. The number of carbonyl (C=O) groups excluding carboxylic acids is 2. The third-order valence-corrected chi connectivity index (χ3v) is 6.47. The van der Waals surface area contributed by atoms with Gasteiger partial charge in [-0.3, -0.25) is 9.59 Å². The van der Waals surface area contributed by atoms with Gasteiger partial charge in [0.15, 0.2) is 0 Å². The second-order valence-corrected chi connectivity index (χ2v) is 8.02. The minimum Gasteiger partial charge on any atom is -0.342 e. The average molecular weight is 302 g/mol. The Morgan fingerprint density at radius 1 is 1.37 bits per heavy atom. The summed E-state index contributed by atoms with van der Waals surface area (Å²) in [6, 6.07) is -0.694. The molecule has 2 amide bonds. The second-order valence-electron chi connectivity index (χ2n) is 5.46. The van der Waals surface area contributed by atoms with E-state index in [0.717, 1.165) is 11.5 Å². The minimum absolute atomic E-state index is 0.0215. The molecule has 6 heteroatoms. The van der Waals surface area contributed by atoms with Crippen LogP contribution in [0.5, 0.6) is 0 Å². The fraction of sp³-hybridized carbons (Fsp3) is 0.846. The molecule has 0 saturated carbocycles. The lowest BCUT2D eigenvalue weighted by Gasteiger charge is -2.40. The average Bonchev–Trinajstić information content (AvgIpc) is 2.40. The molecule has 3 unspecified atom stereocenters. The summed E-state index contributed by atoms with van der Waals surface area (Å²) in [7, 11) is 0. The van der Waals surface area contributed by atoms with Gasteiger partial charge in [-0.2, -0.15) is 23.5 Å². The first-order valence-corrected chi connectivity index (χ1v) is 9.01. The molecule has 19 heavy (non-hydrogen) atoms. The SMILES string of the molecule is CC(C)C1NC(=O)C(C)N(CC2CSCCS2)C1=O. The molecule has 0 bridgehead atoms. The zero-order chi connectivity index (χ0) is 14.0. The van der Waals surface area contributed by atoms with Crippen LogP contribution in [-0.2, 0) is 9.59 Å². The molecule has 0 radical (unpaired) electrons. The first-order chi connectivity index (χ1) is 9.00. The van der Waals surface area contributed by atoms with Crippen LogP contribution in [-0.4, -0.2) is 57.9 Å². The van der Waals surface area contributed by atoms with Crippen molar-refractivity contribution in [3.05, 3.63) is 0 Å². The predicted octanol–water partition coefficient (Wildman–Crippen LogP) is 1.21. The molecule has 0 aromatic carbocycles. The molecule has 0 spiro atoms. The maximum Gasteiger partial charge on any atom is 0.246 e. The Balaban J connectivity index is 2.06. The predicted molar refractivity (Wildman–Crippen MR) is 81.5 cm³/mol. The lowest BCUT2D eigenvalue weighted by Crippen LogP contribution is -2.64. The highest BCUT2D eigenvalue weighted by molar-refractivity contribution is 8.06. The van der Waals surface area contributed by atoms with Crippen LogP contribution in [0.3, 0.4) is 0 Å². The molecule has 2 aliphatic rings. The molecule has 2 heterocycles. The number of hydrogen-bond acceptors (Lipinski definition) is 4. The van der Waals surface area contributed by atoms with E-state index in [2.05, 4.69) is 5.32 Å². The Morgan fingerprint density at radius 2 is 2.11 bits per heavy atom. The van der Waals surface area contributed by atoms with E-state index in [1.807, 2.05) is 44.3 Å². The molecule has 2 saturated heterocycles. The molecule has 108 valence electrons. The summed E-state index contributed by atoms with van der Waals surface area (Å²) in [5.41, 5.74) is 0. The monoisotopic (exact) mass is 302 g/mol. The fourth-order valence-electron chi connectivity index (χ4n) is 2.41. The van der Waals surface area contributed by atoms with E-state index in [1.54, 1.807) is 4.90 Å². The van der Waals surface area contributed by atoms with Gasteiger partial charge in [0.05, 0.1) is 0 Å². The van der Waals surface area contributed by atoms with E-state index < -0.39 is 0 Å².